The topological polar surface area (TPSA) is 86.2 Å². The van der Waals surface area contributed by atoms with Crippen LogP contribution in [0.15, 0.2) is 88.2 Å². The van der Waals surface area contributed by atoms with E-state index in [1.807, 2.05) is 30.3 Å². The molecule has 1 aromatic heterocycles. The van der Waals surface area contributed by atoms with E-state index in [0.29, 0.717) is 34.9 Å². The zero-order valence-electron chi connectivity index (χ0n) is 15.2. The predicted molar refractivity (Wildman–Crippen MR) is 108 cm³/mol. The molecule has 2 N–H and O–H groups in total. The first-order valence-corrected chi connectivity index (χ1v) is 10.4. The van der Waals surface area contributed by atoms with Gasteiger partial charge in [0.25, 0.3) is 0 Å². The zero-order chi connectivity index (χ0) is 20.4. The number of sulfonamides is 1. The molecule has 0 atom stereocenters. The van der Waals surface area contributed by atoms with Gasteiger partial charge in [0.1, 0.15) is 11.5 Å². The van der Waals surface area contributed by atoms with E-state index in [9.17, 15) is 12.8 Å². The molecule has 0 saturated heterocycles. The molecule has 0 aliphatic carbocycles. The Kier molecular flexibility index (Phi) is 5.00. The van der Waals surface area contributed by atoms with Crippen LogP contribution >= 0.6 is 0 Å². The molecule has 3 aromatic carbocycles. The normalized spacial score (nSPS) is 11.5. The van der Waals surface area contributed by atoms with Crippen molar-refractivity contribution in [3.05, 3.63) is 96.1 Å². The van der Waals surface area contributed by atoms with Gasteiger partial charge in [-0.05, 0) is 42.0 Å². The van der Waals surface area contributed by atoms with E-state index in [4.69, 9.17) is 9.56 Å². The number of nitrogens with two attached hydrogens (primary N) is 1. The molecule has 4 rings (SSSR count). The second-order valence-corrected chi connectivity index (χ2v) is 8.09. The number of oxazole rings is 1. The number of halogens is 1. The maximum Gasteiger partial charge on any atom is 0.238 e. The molecule has 0 fully saturated rings. The Bertz CT molecular complexity index is 1230. The van der Waals surface area contributed by atoms with Gasteiger partial charge in [-0.25, -0.2) is 22.9 Å². The number of primary sulfonamides is 1. The lowest BCUT2D eigenvalue weighted by molar-refractivity contribution is 0.519. The highest BCUT2D eigenvalue weighted by atomic mass is 32.2. The molecule has 146 valence electrons. The van der Waals surface area contributed by atoms with Gasteiger partial charge in [-0.1, -0.05) is 42.5 Å². The predicted octanol–water partition coefficient (Wildman–Crippen LogP) is 4.39. The lowest BCUT2D eigenvalue weighted by Gasteiger charge is -2.03. The highest BCUT2D eigenvalue weighted by Gasteiger charge is 2.18. The van der Waals surface area contributed by atoms with Crippen LogP contribution in [-0.2, 0) is 16.4 Å². The summed E-state index contributed by atoms with van der Waals surface area (Å²) in [5.41, 5.74) is 2.92. The fraction of sp³-hybridized carbons (Fsp3) is 0.0455. The van der Waals surface area contributed by atoms with Crippen LogP contribution in [0.1, 0.15) is 11.5 Å². The van der Waals surface area contributed by atoms with Gasteiger partial charge in [0.15, 0.2) is 11.7 Å². The summed E-state index contributed by atoms with van der Waals surface area (Å²) in [6, 6.07) is 21.8. The minimum Gasteiger partial charge on any atom is -0.440 e. The lowest BCUT2D eigenvalue weighted by atomic mass is 10.1. The van der Waals surface area contributed by atoms with Crippen LogP contribution in [0.5, 0.6) is 0 Å². The molecule has 0 unspecified atom stereocenters. The van der Waals surface area contributed by atoms with Crippen LogP contribution in [0.2, 0.25) is 0 Å². The molecule has 29 heavy (non-hydrogen) atoms. The number of hydrogen-bond donors (Lipinski definition) is 1. The first kappa shape index (κ1) is 19.0. The first-order valence-electron chi connectivity index (χ1n) is 8.83. The van der Waals surface area contributed by atoms with Crippen LogP contribution in [0.3, 0.4) is 0 Å². The molecule has 0 aliphatic heterocycles. The van der Waals surface area contributed by atoms with Crippen molar-refractivity contribution < 1.29 is 17.2 Å². The largest absolute Gasteiger partial charge is 0.440 e. The maximum absolute atomic E-state index is 13.4. The SMILES string of the molecule is NS(=O)(=O)c1ccc(-c2nc(Cc3ccccc3)oc2-c2ccc(F)cc2)cc1. The average molecular weight is 408 g/mol. The first-order chi connectivity index (χ1) is 13.9. The van der Waals surface area contributed by atoms with Crippen molar-refractivity contribution in [2.24, 2.45) is 5.14 Å². The number of rotatable bonds is 5. The second kappa shape index (κ2) is 7.62. The molecule has 0 amide bonds. The Morgan fingerprint density at radius 2 is 1.48 bits per heavy atom. The molecule has 5 nitrogen and oxygen atoms in total. The van der Waals surface area contributed by atoms with E-state index in [0.717, 1.165) is 5.56 Å². The monoisotopic (exact) mass is 408 g/mol. The molecule has 0 radical (unpaired) electrons. The van der Waals surface area contributed by atoms with Gasteiger partial charge in [-0.3, -0.25) is 0 Å². The summed E-state index contributed by atoms with van der Waals surface area (Å²) < 4.78 is 42.4. The molecule has 0 aliphatic rings. The van der Waals surface area contributed by atoms with E-state index >= 15 is 0 Å². The molecule has 0 saturated carbocycles. The molecule has 4 aromatic rings. The Balaban J connectivity index is 1.79. The van der Waals surface area contributed by atoms with Gasteiger partial charge in [-0.15, -0.1) is 0 Å². The third-order valence-electron chi connectivity index (χ3n) is 4.43. The minimum absolute atomic E-state index is 0.0117. The zero-order valence-corrected chi connectivity index (χ0v) is 16.1. The summed E-state index contributed by atoms with van der Waals surface area (Å²) in [6.07, 6.45) is 0.490. The van der Waals surface area contributed by atoms with Crippen LogP contribution in [-0.4, -0.2) is 13.4 Å². The Morgan fingerprint density at radius 1 is 0.862 bits per heavy atom. The molecule has 7 heteroatoms. The van der Waals surface area contributed by atoms with Crippen LogP contribution in [0, 0.1) is 5.82 Å². The number of hydrogen-bond acceptors (Lipinski definition) is 4. The van der Waals surface area contributed by atoms with Crippen molar-refractivity contribution >= 4 is 10.0 Å². The van der Waals surface area contributed by atoms with E-state index in [1.54, 1.807) is 24.3 Å². The molecule has 0 bridgehead atoms. The minimum atomic E-state index is -3.79. The highest BCUT2D eigenvalue weighted by molar-refractivity contribution is 7.89. The van der Waals surface area contributed by atoms with E-state index in [1.165, 1.54) is 24.3 Å². The van der Waals surface area contributed by atoms with Gasteiger partial charge < -0.3 is 4.42 Å². The van der Waals surface area contributed by atoms with Crippen molar-refractivity contribution in [2.75, 3.05) is 0 Å². The smallest absolute Gasteiger partial charge is 0.238 e. The molecule has 1 heterocycles. The number of nitrogens with zero attached hydrogens (tertiary/aromatic N) is 1. The van der Waals surface area contributed by atoms with Crippen molar-refractivity contribution in [1.82, 2.24) is 4.98 Å². The number of aromatic nitrogens is 1. The third-order valence-corrected chi connectivity index (χ3v) is 5.36. The van der Waals surface area contributed by atoms with Gasteiger partial charge >= 0.3 is 0 Å². The van der Waals surface area contributed by atoms with Gasteiger partial charge in [-0.2, -0.15) is 0 Å². The van der Waals surface area contributed by atoms with E-state index < -0.39 is 10.0 Å². The molecular formula is C22H17FN2O3S. The summed E-state index contributed by atoms with van der Waals surface area (Å²) in [4.78, 5) is 4.64. The summed E-state index contributed by atoms with van der Waals surface area (Å²) in [5.74, 6) is 0.636. The molecular weight excluding hydrogens is 391 g/mol. The van der Waals surface area contributed by atoms with Gasteiger partial charge in [0.05, 0.1) is 4.90 Å². The summed E-state index contributed by atoms with van der Waals surface area (Å²) in [5, 5.41) is 5.17. The van der Waals surface area contributed by atoms with Crippen molar-refractivity contribution in [3.8, 4) is 22.6 Å². The standard InChI is InChI=1S/C22H17FN2O3S/c23-18-10-6-17(7-11-18)22-21(16-8-12-19(13-9-16)29(24,26)27)25-20(28-22)14-15-4-2-1-3-5-15/h1-13H,14H2,(H2,24,26,27). The fourth-order valence-electron chi connectivity index (χ4n) is 3.01. The summed E-state index contributed by atoms with van der Waals surface area (Å²) in [6.45, 7) is 0. The lowest BCUT2D eigenvalue weighted by Crippen LogP contribution is -2.11. The molecule has 0 spiro atoms. The van der Waals surface area contributed by atoms with E-state index in [2.05, 4.69) is 4.98 Å². The van der Waals surface area contributed by atoms with Crippen LogP contribution in [0.4, 0.5) is 4.39 Å². The maximum atomic E-state index is 13.4. The number of benzene rings is 3. The van der Waals surface area contributed by atoms with E-state index in [-0.39, 0.29) is 10.7 Å². The van der Waals surface area contributed by atoms with Gasteiger partial charge in [0.2, 0.25) is 10.0 Å². The Hall–Kier alpha value is -3.29. The summed E-state index contributed by atoms with van der Waals surface area (Å²) in [7, 11) is -3.79. The van der Waals surface area contributed by atoms with Crippen molar-refractivity contribution in [2.45, 2.75) is 11.3 Å². The Morgan fingerprint density at radius 3 is 2.10 bits per heavy atom. The third kappa shape index (κ3) is 4.26. The van der Waals surface area contributed by atoms with Crippen molar-refractivity contribution in [1.29, 1.82) is 0 Å². The summed E-state index contributed by atoms with van der Waals surface area (Å²) >= 11 is 0. The van der Waals surface area contributed by atoms with Crippen LogP contribution < -0.4 is 5.14 Å². The van der Waals surface area contributed by atoms with Crippen LogP contribution in [0.25, 0.3) is 22.6 Å². The highest BCUT2D eigenvalue weighted by Crippen LogP contribution is 2.33. The fourth-order valence-corrected chi connectivity index (χ4v) is 3.52. The Labute approximate surface area is 167 Å². The average Bonchev–Trinajstić information content (AvgIpc) is 3.12. The quantitative estimate of drug-likeness (QED) is 0.531. The van der Waals surface area contributed by atoms with Crippen molar-refractivity contribution in [3.63, 3.8) is 0 Å². The second-order valence-electron chi connectivity index (χ2n) is 6.52. The van der Waals surface area contributed by atoms with Gasteiger partial charge in [0, 0.05) is 17.5 Å².